The lowest BCUT2D eigenvalue weighted by Crippen LogP contribution is -2.04. The molecule has 13 aromatic rings. The van der Waals surface area contributed by atoms with Gasteiger partial charge in [0.25, 0.3) is 0 Å². The fourth-order valence-corrected chi connectivity index (χ4v) is 11.4. The van der Waals surface area contributed by atoms with Crippen molar-refractivity contribution in [2.75, 3.05) is 0 Å². The first-order chi connectivity index (χ1) is 29.3. The van der Waals surface area contributed by atoms with E-state index in [4.69, 9.17) is 9.97 Å². The van der Waals surface area contributed by atoms with Gasteiger partial charge in [-0.1, -0.05) is 140 Å². The number of hydrogen-bond acceptors (Lipinski definition) is 3. The standard InChI is InChI=1S/C54H30N4S/c1-2-15-32-31(14-1)28-29-41-51(32)56-54(52(55-41)39-22-13-27-47-48(39)38-21-8-12-26-46(38)59-47)58-44-25-11-7-20-37(44)49-45(58)30-40-35-18-6-10-24-43(35)57-42-23-9-5-17-34(42)33-16-3-4-19-36(33)50(49)53(40)57/h1-30H. The third-order valence-corrected chi connectivity index (χ3v) is 13.8. The van der Waals surface area contributed by atoms with Gasteiger partial charge < -0.3 is 4.57 Å². The minimum Gasteiger partial charge on any atom is -0.308 e. The predicted molar refractivity (Wildman–Crippen MR) is 248 cm³/mol. The highest BCUT2D eigenvalue weighted by molar-refractivity contribution is 7.25. The van der Waals surface area contributed by atoms with Crippen molar-refractivity contribution in [2.45, 2.75) is 0 Å². The number of para-hydroxylation sites is 3. The van der Waals surface area contributed by atoms with Crippen LogP contribution < -0.4 is 0 Å². The highest BCUT2D eigenvalue weighted by Crippen LogP contribution is 2.52. The Morgan fingerprint density at radius 1 is 0.407 bits per heavy atom. The molecule has 0 atom stereocenters. The number of rotatable bonds is 2. The summed E-state index contributed by atoms with van der Waals surface area (Å²) in [6, 6.07) is 66.3. The Bertz CT molecular complexity index is 3980. The van der Waals surface area contributed by atoms with Gasteiger partial charge in [-0.2, -0.15) is 0 Å². The molecule has 4 nitrogen and oxygen atoms in total. The van der Waals surface area contributed by atoms with Crippen molar-refractivity contribution in [3.05, 3.63) is 182 Å². The quantitative estimate of drug-likeness (QED) is 0.164. The minimum atomic E-state index is 0.823. The van der Waals surface area contributed by atoms with E-state index in [0.29, 0.717) is 0 Å². The molecule has 59 heavy (non-hydrogen) atoms. The molecule has 0 radical (unpaired) electrons. The van der Waals surface area contributed by atoms with Gasteiger partial charge in [0.1, 0.15) is 5.69 Å². The number of thiophene rings is 1. The molecule has 5 heterocycles. The van der Waals surface area contributed by atoms with E-state index in [2.05, 4.69) is 191 Å². The average molecular weight is 767 g/mol. The van der Waals surface area contributed by atoms with Gasteiger partial charge in [-0.25, -0.2) is 9.97 Å². The molecule has 1 aliphatic rings. The molecule has 0 aliphatic carbocycles. The van der Waals surface area contributed by atoms with Crippen molar-refractivity contribution in [3.8, 4) is 45.0 Å². The fraction of sp³-hybridized carbons (Fsp3) is 0. The second-order valence-corrected chi connectivity index (χ2v) is 16.7. The Labute approximate surface area is 341 Å². The number of benzene rings is 9. The maximum atomic E-state index is 5.80. The average Bonchev–Trinajstić information content (AvgIpc) is 3.93. The highest BCUT2D eigenvalue weighted by atomic mass is 32.1. The number of fused-ring (bicyclic) bond motifs is 18. The zero-order valence-electron chi connectivity index (χ0n) is 31.5. The molecule has 0 bridgehead atoms. The summed E-state index contributed by atoms with van der Waals surface area (Å²) >= 11 is 1.83. The first kappa shape index (κ1) is 31.5. The maximum Gasteiger partial charge on any atom is 0.165 e. The largest absolute Gasteiger partial charge is 0.308 e. The first-order valence-electron chi connectivity index (χ1n) is 20.1. The second-order valence-electron chi connectivity index (χ2n) is 15.6. The van der Waals surface area contributed by atoms with E-state index in [9.17, 15) is 0 Å². The summed E-state index contributed by atoms with van der Waals surface area (Å²) < 4.78 is 7.44. The molecule has 0 unspecified atom stereocenters. The topological polar surface area (TPSA) is 35.6 Å². The van der Waals surface area contributed by atoms with E-state index in [1.54, 1.807) is 0 Å². The summed E-state index contributed by atoms with van der Waals surface area (Å²) in [5.74, 6) is 0.823. The molecule has 0 N–H and O–H groups in total. The van der Waals surface area contributed by atoms with Crippen LogP contribution in [0.2, 0.25) is 0 Å². The Morgan fingerprint density at radius 2 is 1.07 bits per heavy atom. The zero-order chi connectivity index (χ0) is 38.3. The van der Waals surface area contributed by atoms with E-state index in [1.807, 2.05) is 11.3 Å². The van der Waals surface area contributed by atoms with Gasteiger partial charge in [-0.05, 0) is 59.0 Å². The van der Waals surface area contributed by atoms with E-state index < -0.39 is 0 Å². The molecule has 0 saturated heterocycles. The number of nitrogens with zero attached hydrogens (tertiary/aromatic N) is 4. The monoisotopic (exact) mass is 766 g/mol. The molecule has 0 fully saturated rings. The molecule has 0 amide bonds. The van der Waals surface area contributed by atoms with Crippen molar-refractivity contribution >= 4 is 96.9 Å². The Kier molecular flexibility index (Phi) is 6.14. The van der Waals surface area contributed by atoms with Crippen molar-refractivity contribution < 1.29 is 0 Å². The lowest BCUT2D eigenvalue weighted by atomic mass is 9.91. The maximum absolute atomic E-state index is 5.80. The van der Waals surface area contributed by atoms with Gasteiger partial charge in [0.05, 0.1) is 38.8 Å². The van der Waals surface area contributed by atoms with Crippen LogP contribution in [0.15, 0.2) is 182 Å². The summed E-state index contributed by atoms with van der Waals surface area (Å²) in [5.41, 5.74) is 14.5. The van der Waals surface area contributed by atoms with Gasteiger partial charge in [0.2, 0.25) is 0 Å². The van der Waals surface area contributed by atoms with Crippen LogP contribution in [0.1, 0.15) is 0 Å². The Morgan fingerprint density at radius 3 is 1.95 bits per heavy atom. The van der Waals surface area contributed by atoms with Crippen molar-refractivity contribution in [1.29, 1.82) is 0 Å². The van der Waals surface area contributed by atoms with E-state index >= 15 is 0 Å². The molecule has 9 aromatic carbocycles. The Balaban J connectivity index is 1.23. The third kappa shape index (κ3) is 4.11. The molecule has 4 aromatic heterocycles. The molecular formula is C54H30N4S. The van der Waals surface area contributed by atoms with Crippen molar-refractivity contribution in [2.24, 2.45) is 0 Å². The molecule has 14 rings (SSSR count). The summed E-state index contributed by atoms with van der Waals surface area (Å²) in [7, 11) is 0. The van der Waals surface area contributed by atoms with E-state index in [0.717, 1.165) is 49.9 Å². The molecule has 1 aliphatic heterocycles. The minimum absolute atomic E-state index is 0.823. The fourth-order valence-electron chi connectivity index (χ4n) is 10.2. The first-order valence-corrected chi connectivity index (χ1v) is 20.9. The van der Waals surface area contributed by atoms with Gasteiger partial charge >= 0.3 is 0 Å². The SMILES string of the molecule is c1ccc2c(c1)-c1ccccc1-n1c3ccccc3c3cc4c(c-2c31)c1ccccc1n4-c1nc2c(ccc3ccccc32)nc1-c1cccc2sc3ccccc3c12. The highest BCUT2D eigenvalue weighted by Gasteiger charge is 2.30. The number of hydrogen-bond donors (Lipinski definition) is 0. The lowest BCUT2D eigenvalue weighted by molar-refractivity contribution is 1.08. The summed E-state index contributed by atoms with van der Waals surface area (Å²) in [5, 5.41) is 9.52. The van der Waals surface area contributed by atoms with Gasteiger partial charge in [-0.3, -0.25) is 4.57 Å². The van der Waals surface area contributed by atoms with Gasteiger partial charge in [0, 0.05) is 63.8 Å². The van der Waals surface area contributed by atoms with E-state index in [-0.39, 0.29) is 0 Å². The molecule has 0 saturated carbocycles. The van der Waals surface area contributed by atoms with Crippen LogP contribution in [0, 0.1) is 0 Å². The van der Waals surface area contributed by atoms with Crippen LogP contribution in [-0.2, 0) is 0 Å². The molecular weight excluding hydrogens is 737 g/mol. The van der Waals surface area contributed by atoms with Crippen LogP contribution in [0.25, 0.3) is 131 Å². The zero-order valence-corrected chi connectivity index (χ0v) is 32.3. The molecule has 0 spiro atoms. The summed E-state index contributed by atoms with van der Waals surface area (Å²) in [6.07, 6.45) is 0. The van der Waals surface area contributed by atoms with Gasteiger partial charge in [0.15, 0.2) is 5.82 Å². The van der Waals surface area contributed by atoms with Crippen LogP contribution in [0.4, 0.5) is 0 Å². The summed E-state index contributed by atoms with van der Waals surface area (Å²) in [6.45, 7) is 0. The van der Waals surface area contributed by atoms with Crippen molar-refractivity contribution in [3.63, 3.8) is 0 Å². The van der Waals surface area contributed by atoms with Crippen LogP contribution >= 0.6 is 11.3 Å². The van der Waals surface area contributed by atoms with Crippen LogP contribution in [0.5, 0.6) is 0 Å². The second kappa shape index (κ2) is 11.5. The van der Waals surface area contributed by atoms with Gasteiger partial charge in [-0.15, -0.1) is 11.3 Å². The normalized spacial score (nSPS) is 12.4. The summed E-state index contributed by atoms with van der Waals surface area (Å²) in [4.78, 5) is 11.5. The predicted octanol–water partition coefficient (Wildman–Crippen LogP) is 14.7. The number of aromatic nitrogens is 4. The molecule has 272 valence electrons. The van der Waals surface area contributed by atoms with Crippen molar-refractivity contribution in [1.82, 2.24) is 19.1 Å². The third-order valence-electron chi connectivity index (χ3n) is 12.6. The van der Waals surface area contributed by atoms with E-state index in [1.165, 1.54) is 80.7 Å². The lowest BCUT2D eigenvalue weighted by Gasteiger charge is -2.16. The smallest absolute Gasteiger partial charge is 0.165 e. The van der Waals surface area contributed by atoms with Crippen LogP contribution in [-0.4, -0.2) is 19.1 Å². The molecule has 5 heteroatoms. The van der Waals surface area contributed by atoms with Crippen LogP contribution in [0.3, 0.4) is 0 Å². The Hall–Kier alpha value is -7.60.